The standard InChI is InChI=1S/C18H28IN/c1-17-10-8-14-12(13(17)5-6-15(17)19)4-7-16-18(14,2)9-3-11-20-16/h6,12-14,16,20H,3-5,7-11H2,1-2H3/t12-,13-,14+,16?,17-,18+/m0/s1. The van der Waals surface area contributed by atoms with Gasteiger partial charge in [0.1, 0.15) is 0 Å². The van der Waals surface area contributed by atoms with Gasteiger partial charge in [0.15, 0.2) is 0 Å². The van der Waals surface area contributed by atoms with Gasteiger partial charge in [-0.2, -0.15) is 0 Å². The van der Waals surface area contributed by atoms with Crippen LogP contribution >= 0.6 is 22.6 Å². The Morgan fingerprint density at radius 3 is 2.85 bits per heavy atom. The van der Waals surface area contributed by atoms with Gasteiger partial charge >= 0.3 is 0 Å². The number of nitrogens with one attached hydrogen (secondary N) is 1. The smallest absolute Gasteiger partial charge is 0.0124 e. The summed E-state index contributed by atoms with van der Waals surface area (Å²) < 4.78 is 1.67. The lowest BCUT2D eigenvalue weighted by Crippen LogP contribution is -2.59. The van der Waals surface area contributed by atoms with E-state index in [0.29, 0.717) is 10.8 Å². The Morgan fingerprint density at radius 2 is 2.00 bits per heavy atom. The first-order valence-electron chi connectivity index (χ1n) is 8.65. The van der Waals surface area contributed by atoms with Gasteiger partial charge in [0.05, 0.1) is 0 Å². The van der Waals surface area contributed by atoms with Crippen molar-refractivity contribution < 1.29 is 0 Å². The molecule has 1 saturated heterocycles. The van der Waals surface area contributed by atoms with Gasteiger partial charge < -0.3 is 5.32 Å². The lowest BCUT2D eigenvalue weighted by Gasteiger charge is -2.60. The molecule has 112 valence electrons. The van der Waals surface area contributed by atoms with Gasteiger partial charge in [0, 0.05) is 11.5 Å². The Kier molecular flexibility index (Phi) is 3.31. The Bertz CT molecular complexity index is 445. The molecule has 6 atom stereocenters. The van der Waals surface area contributed by atoms with Crippen LogP contribution in [-0.4, -0.2) is 12.6 Å². The van der Waals surface area contributed by atoms with E-state index < -0.39 is 0 Å². The molecule has 4 aliphatic rings. The summed E-state index contributed by atoms with van der Waals surface area (Å²) in [5, 5.41) is 3.86. The highest BCUT2D eigenvalue weighted by Gasteiger charge is 2.57. The summed E-state index contributed by atoms with van der Waals surface area (Å²) >= 11 is 2.64. The van der Waals surface area contributed by atoms with E-state index >= 15 is 0 Å². The fourth-order valence-electron chi connectivity index (χ4n) is 6.41. The molecule has 0 amide bonds. The average Bonchev–Trinajstić information content (AvgIpc) is 2.74. The third-order valence-corrected chi connectivity index (χ3v) is 9.31. The van der Waals surface area contributed by atoms with Crippen LogP contribution in [0.3, 0.4) is 0 Å². The lowest BCUT2D eigenvalue weighted by molar-refractivity contribution is -0.0782. The molecule has 0 spiro atoms. The normalized spacial score (nSPS) is 54.6. The average molecular weight is 385 g/mol. The number of piperidine rings is 1. The van der Waals surface area contributed by atoms with Crippen LogP contribution in [-0.2, 0) is 0 Å². The van der Waals surface area contributed by atoms with Crippen LogP contribution in [0.25, 0.3) is 0 Å². The van der Waals surface area contributed by atoms with Gasteiger partial charge in [-0.3, -0.25) is 0 Å². The SMILES string of the molecule is C[C@]12CCCNC1CC[C@@H]1[C@H]2CC[C@]2(C)C(I)=CC[C@@H]12. The second-order valence-electron chi connectivity index (χ2n) is 8.31. The van der Waals surface area contributed by atoms with Crippen LogP contribution < -0.4 is 5.32 Å². The molecular formula is C18H28IN. The van der Waals surface area contributed by atoms with Crippen LogP contribution in [0.15, 0.2) is 9.66 Å². The fraction of sp³-hybridized carbons (Fsp3) is 0.889. The molecule has 0 radical (unpaired) electrons. The summed E-state index contributed by atoms with van der Waals surface area (Å²) in [6, 6.07) is 0.815. The highest BCUT2D eigenvalue weighted by molar-refractivity contribution is 14.1. The van der Waals surface area contributed by atoms with Crippen molar-refractivity contribution in [2.24, 2.45) is 28.6 Å². The van der Waals surface area contributed by atoms with Gasteiger partial charge in [-0.25, -0.2) is 0 Å². The third-order valence-electron chi connectivity index (χ3n) is 7.64. The van der Waals surface area contributed by atoms with Crippen LogP contribution in [0.5, 0.6) is 0 Å². The van der Waals surface area contributed by atoms with Crippen LogP contribution in [0.4, 0.5) is 0 Å². The largest absolute Gasteiger partial charge is 0.313 e. The van der Waals surface area contributed by atoms with Gasteiger partial charge in [0.25, 0.3) is 0 Å². The van der Waals surface area contributed by atoms with E-state index in [0.717, 1.165) is 23.8 Å². The first-order valence-corrected chi connectivity index (χ1v) is 9.73. The maximum absolute atomic E-state index is 3.86. The van der Waals surface area contributed by atoms with Gasteiger partial charge in [-0.05, 0) is 101 Å². The maximum atomic E-state index is 3.86. The Morgan fingerprint density at radius 1 is 1.15 bits per heavy atom. The summed E-state index contributed by atoms with van der Waals surface area (Å²) in [5.41, 5.74) is 1.13. The monoisotopic (exact) mass is 385 g/mol. The fourth-order valence-corrected chi connectivity index (χ4v) is 7.34. The van der Waals surface area contributed by atoms with Crippen molar-refractivity contribution in [2.45, 2.75) is 64.8 Å². The first kappa shape index (κ1) is 14.0. The van der Waals surface area contributed by atoms with E-state index in [-0.39, 0.29) is 0 Å². The van der Waals surface area contributed by atoms with E-state index in [9.17, 15) is 0 Å². The number of rotatable bonds is 0. The predicted molar refractivity (Wildman–Crippen MR) is 92.9 cm³/mol. The van der Waals surface area contributed by atoms with E-state index in [4.69, 9.17) is 0 Å². The van der Waals surface area contributed by atoms with Crippen molar-refractivity contribution in [3.8, 4) is 0 Å². The molecule has 4 rings (SSSR count). The van der Waals surface area contributed by atoms with Gasteiger partial charge in [-0.15, -0.1) is 0 Å². The highest BCUT2D eigenvalue weighted by atomic mass is 127. The minimum atomic E-state index is 0.535. The van der Waals surface area contributed by atoms with Crippen LogP contribution in [0.2, 0.25) is 0 Å². The molecule has 2 saturated carbocycles. The minimum absolute atomic E-state index is 0.535. The zero-order valence-corrected chi connectivity index (χ0v) is 15.1. The Hall–Kier alpha value is 0.430. The summed E-state index contributed by atoms with van der Waals surface area (Å²) in [4.78, 5) is 0. The van der Waals surface area contributed by atoms with Gasteiger partial charge in [0.2, 0.25) is 0 Å². The number of halogens is 1. The van der Waals surface area contributed by atoms with E-state index in [1.165, 1.54) is 51.5 Å². The second kappa shape index (κ2) is 4.71. The topological polar surface area (TPSA) is 12.0 Å². The molecule has 0 aromatic heterocycles. The van der Waals surface area contributed by atoms with Crippen molar-refractivity contribution in [2.75, 3.05) is 6.54 Å². The number of hydrogen-bond acceptors (Lipinski definition) is 1. The lowest BCUT2D eigenvalue weighted by atomic mass is 9.48. The zero-order valence-electron chi connectivity index (χ0n) is 12.9. The Balaban J connectivity index is 1.65. The second-order valence-corrected chi connectivity index (χ2v) is 9.48. The van der Waals surface area contributed by atoms with Crippen molar-refractivity contribution in [3.63, 3.8) is 0 Å². The van der Waals surface area contributed by atoms with Gasteiger partial charge in [-0.1, -0.05) is 19.9 Å². The number of hydrogen-bond donors (Lipinski definition) is 1. The Labute approximate surface area is 137 Å². The molecular weight excluding hydrogens is 357 g/mol. The third kappa shape index (κ3) is 1.76. The van der Waals surface area contributed by atoms with E-state index in [2.05, 4.69) is 47.8 Å². The molecule has 0 aromatic carbocycles. The van der Waals surface area contributed by atoms with E-state index in [1.807, 2.05) is 0 Å². The quantitative estimate of drug-likeness (QED) is 0.585. The molecule has 1 unspecified atom stereocenters. The molecule has 20 heavy (non-hydrogen) atoms. The number of allylic oxidation sites excluding steroid dienone is 2. The van der Waals surface area contributed by atoms with Crippen molar-refractivity contribution in [3.05, 3.63) is 9.66 Å². The summed E-state index contributed by atoms with van der Waals surface area (Å²) in [6.07, 6.45) is 12.6. The summed E-state index contributed by atoms with van der Waals surface area (Å²) in [6.45, 7) is 6.45. The predicted octanol–water partition coefficient (Wildman–Crippen LogP) is 4.91. The molecule has 0 bridgehead atoms. The van der Waals surface area contributed by atoms with E-state index in [1.54, 1.807) is 3.58 Å². The highest BCUT2D eigenvalue weighted by Crippen LogP contribution is 2.64. The molecule has 1 nitrogen and oxygen atoms in total. The molecule has 3 fully saturated rings. The summed E-state index contributed by atoms with van der Waals surface area (Å²) in [7, 11) is 0. The molecule has 0 aromatic rings. The van der Waals surface area contributed by atoms with Crippen LogP contribution in [0.1, 0.15) is 58.8 Å². The van der Waals surface area contributed by atoms with Crippen molar-refractivity contribution in [1.29, 1.82) is 0 Å². The van der Waals surface area contributed by atoms with Crippen LogP contribution in [0, 0.1) is 28.6 Å². The molecule has 1 heterocycles. The zero-order chi connectivity index (χ0) is 14.0. The minimum Gasteiger partial charge on any atom is -0.313 e. The summed E-state index contributed by atoms with van der Waals surface area (Å²) in [5.74, 6) is 2.94. The maximum Gasteiger partial charge on any atom is 0.0124 e. The molecule has 1 aliphatic heterocycles. The van der Waals surface area contributed by atoms with Crippen molar-refractivity contribution in [1.82, 2.24) is 5.32 Å². The number of fused-ring (bicyclic) bond motifs is 5. The molecule has 1 N–H and O–H groups in total. The first-order chi connectivity index (χ1) is 9.56. The molecule has 2 heteroatoms. The van der Waals surface area contributed by atoms with Crippen molar-refractivity contribution >= 4 is 22.6 Å². The molecule has 3 aliphatic carbocycles.